The van der Waals surface area contributed by atoms with Crippen molar-refractivity contribution in [3.63, 3.8) is 0 Å². The summed E-state index contributed by atoms with van der Waals surface area (Å²) in [5.74, 6) is 0.566. The van der Waals surface area contributed by atoms with E-state index in [9.17, 15) is 9.59 Å². The Kier molecular flexibility index (Phi) is 4.82. The van der Waals surface area contributed by atoms with Gasteiger partial charge in [-0.2, -0.15) is 0 Å². The Balaban J connectivity index is 1.89. The molecule has 2 aromatic rings. The molecule has 1 aromatic carbocycles. The largest absolute Gasteiger partial charge is 0.339 e. The molecule has 0 bridgehead atoms. The standard InChI is InChI=1S/C17H20BrN3O2/c1-19-10-11-4-6-21(7-5-11)17(23)14-9-16(22)20-15-3-2-12(18)8-13(14)15/h2-3,8-9,11,19H,4-7,10H2,1H3,(H,20,22). The lowest BCUT2D eigenvalue weighted by Gasteiger charge is -2.32. The number of fused-ring (bicyclic) bond motifs is 1. The normalized spacial score (nSPS) is 16.0. The summed E-state index contributed by atoms with van der Waals surface area (Å²) in [5.41, 5.74) is 0.930. The lowest BCUT2D eigenvalue weighted by molar-refractivity contribution is 0.0692. The topological polar surface area (TPSA) is 65.2 Å². The maximum absolute atomic E-state index is 12.9. The minimum Gasteiger partial charge on any atom is -0.339 e. The van der Waals surface area contributed by atoms with Crippen LogP contribution in [0.5, 0.6) is 0 Å². The van der Waals surface area contributed by atoms with Crippen LogP contribution < -0.4 is 10.9 Å². The van der Waals surface area contributed by atoms with Gasteiger partial charge in [0.2, 0.25) is 5.56 Å². The predicted molar refractivity (Wildman–Crippen MR) is 94.8 cm³/mol. The quantitative estimate of drug-likeness (QED) is 0.862. The molecule has 1 aromatic heterocycles. The molecule has 0 aliphatic carbocycles. The zero-order valence-corrected chi connectivity index (χ0v) is 14.6. The highest BCUT2D eigenvalue weighted by atomic mass is 79.9. The first-order chi connectivity index (χ1) is 11.1. The molecule has 0 atom stereocenters. The second-order valence-electron chi connectivity index (χ2n) is 6.03. The van der Waals surface area contributed by atoms with Crippen LogP contribution in [-0.2, 0) is 0 Å². The van der Waals surface area contributed by atoms with Gasteiger partial charge in [0, 0.05) is 34.5 Å². The number of pyridine rings is 1. The fourth-order valence-corrected chi connectivity index (χ4v) is 3.56. The van der Waals surface area contributed by atoms with E-state index in [-0.39, 0.29) is 11.5 Å². The predicted octanol–water partition coefficient (Wildman–Crippen LogP) is 2.36. The molecule has 0 radical (unpaired) electrons. The third-order valence-corrected chi connectivity index (χ3v) is 4.92. The second kappa shape index (κ2) is 6.84. The molecular weight excluding hydrogens is 358 g/mol. The average molecular weight is 378 g/mol. The Hall–Kier alpha value is -1.66. The number of amides is 1. The molecule has 23 heavy (non-hydrogen) atoms. The van der Waals surface area contributed by atoms with Crippen LogP contribution in [-0.4, -0.2) is 42.5 Å². The third kappa shape index (κ3) is 3.48. The highest BCUT2D eigenvalue weighted by Gasteiger charge is 2.24. The number of H-pyrrole nitrogens is 1. The molecule has 122 valence electrons. The Morgan fingerprint density at radius 1 is 1.35 bits per heavy atom. The number of halogens is 1. The molecule has 0 spiro atoms. The van der Waals surface area contributed by atoms with Crippen molar-refractivity contribution in [1.82, 2.24) is 15.2 Å². The van der Waals surface area contributed by atoms with Crippen molar-refractivity contribution in [2.45, 2.75) is 12.8 Å². The van der Waals surface area contributed by atoms with Crippen molar-refractivity contribution in [3.05, 3.63) is 44.7 Å². The first-order valence-corrected chi connectivity index (χ1v) is 8.64. The van der Waals surface area contributed by atoms with E-state index in [1.807, 2.05) is 30.1 Å². The van der Waals surface area contributed by atoms with Gasteiger partial charge in [-0.15, -0.1) is 0 Å². The van der Waals surface area contributed by atoms with E-state index in [0.717, 1.165) is 42.3 Å². The Bertz CT molecular complexity index is 779. The van der Waals surface area contributed by atoms with E-state index in [1.165, 1.54) is 6.07 Å². The van der Waals surface area contributed by atoms with Gasteiger partial charge in [0.05, 0.1) is 5.56 Å². The SMILES string of the molecule is CNCC1CCN(C(=O)c2cc(=O)[nH]c3ccc(Br)cc23)CC1. The molecular formula is C17H20BrN3O2. The van der Waals surface area contributed by atoms with Crippen LogP contribution in [0.25, 0.3) is 10.9 Å². The van der Waals surface area contributed by atoms with Crippen LogP contribution in [0.1, 0.15) is 23.2 Å². The second-order valence-corrected chi connectivity index (χ2v) is 6.95. The molecule has 2 heterocycles. The minimum atomic E-state index is -0.242. The Morgan fingerprint density at radius 2 is 2.09 bits per heavy atom. The van der Waals surface area contributed by atoms with E-state index >= 15 is 0 Å². The first kappa shape index (κ1) is 16.2. The van der Waals surface area contributed by atoms with E-state index in [1.54, 1.807) is 0 Å². The number of nitrogens with zero attached hydrogens (tertiary/aromatic N) is 1. The number of carbonyl (C=O) groups excluding carboxylic acids is 1. The summed E-state index contributed by atoms with van der Waals surface area (Å²) in [4.78, 5) is 29.4. The van der Waals surface area contributed by atoms with Gasteiger partial charge in [0.15, 0.2) is 0 Å². The molecule has 2 N–H and O–H groups in total. The van der Waals surface area contributed by atoms with Crippen LogP contribution >= 0.6 is 15.9 Å². The van der Waals surface area contributed by atoms with E-state index in [0.29, 0.717) is 17.0 Å². The summed E-state index contributed by atoms with van der Waals surface area (Å²) in [6.45, 7) is 2.48. The molecule has 6 heteroatoms. The molecule has 1 aliphatic heterocycles. The van der Waals surface area contributed by atoms with Gasteiger partial charge < -0.3 is 15.2 Å². The zero-order valence-electron chi connectivity index (χ0n) is 13.1. The highest BCUT2D eigenvalue weighted by Crippen LogP contribution is 2.24. The van der Waals surface area contributed by atoms with Crippen LogP contribution in [0.3, 0.4) is 0 Å². The van der Waals surface area contributed by atoms with Gasteiger partial charge >= 0.3 is 0 Å². The number of rotatable bonds is 3. The van der Waals surface area contributed by atoms with Crippen molar-refractivity contribution < 1.29 is 4.79 Å². The van der Waals surface area contributed by atoms with Crippen LogP contribution in [0, 0.1) is 5.92 Å². The van der Waals surface area contributed by atoms with Crippen LogP contribution in [0.4, 0.5) is 0 Å². The first-order valence-electron chi connectivity index (χ1n) is 7.85. The molecule has 1 fully saturated rings. The molecule has 0 saturated carbocycles. The molecule has 5 nitrogen and oxygen atoms in total. The number of likely N-dealkylation sites (tertiary alicyclic amines) is 1. The molecule has 3 rings (SSSR count). The average Bonchev–Trinajstić information content (AvgIpc) is 2.55. The highest BCUT2D eigenvalue weighted by molar-refractivity contribution is 9.10. The summed E-state index contributed by atoms with van der Waals surface area (Å²) in [6.07, 6.45) is 1.99. The van der Waals surface area contributed by atoms with Gasteiger partial charge in [0.25, 0.3) is 5.91 Å². The van der Waals surface area contributed by atoms with Crippen molar-refractivity contribution in [2.24, 2.45) is 5.92 Å². The number of carbonyl (C=O) groups is 1. The number of benzene rings is 1. The van der Waals surface area contributed by atoms with Crippen molar-refractivity contribution in [2.75, 3.05) is 26.7 Å². The van der Waals surface area contributed by atoms with Crippen LogP contribution in [0.15, 0.2) is 33.5 Å². The van der Waals surface area contributed by atoms with Crippen LogP contribution in [0.2, 0.25) is 0 Å². The van der Waals surface area contributed by atoms with E-state index < -0.39 is 0 Å². The van der Waals surface area contributed by atoms with Crippen molar-refractivity contribution in [3.8, 4) is 0 Å². The number of piperidine rings is 1. The zero-order chi connectivity index (χ0) is 16.4. The van der Waals surface area contributed by atoms with Gasteiger partial charge in [0.1, 0.15) is 0 Å². The summed E-state index contributed by atoms with van der Waals surface area (Å²) < 4.78 is 0.888. The number of aromatic amines is 1. The molecule has 1 aliphatic rings. The maximum Gasteiger partial charge on any atom is 0.254 e. The number of aromatic nitrogens is 1. The fourth-order valence-electron chi connectivity index (χ4n) is 3.20. The van der Waals surface area contributed by atoms with Gasteiger partial charge in [-0.25, -0.2) is 0 Å². The van der Waals surface area contributed by atoms with Crippen molar-refractivity contribution in [1.29, 1.82) is 0 Å². The monoisotopic (exact) mass is 377 g/mol. The fraction of sp³-hybridized carbons (Fsp3) is 0.412. The molecule has 1 saturated heterocycles. The van der Waals surface area contributed by atoms with Gasteiger partial charge in [-0.1, -0.05) is 15.9 Å². The Labute approximate surface area is 143 Å². The van der Waals surface area contributed by atoms with Crippen molar-refractivity contribution >= 4 is 32.7 Å². The molecule has 1 amide bonds. The van der Waals surface area contributed by atoms with E-state index in [2.05, 4.69) is 26.2 Å². The third-order valence-electron chi connectivity index (χ3n) is 4.43. The minimum absolute atomic E-state index is 0.0536. The maximum atomic E-state index is 12.9. The lowest BCUT2D eigenvalue weighted by atomic mass is 9.96. The molecule has 0 unspecified atom stereocenters. The summed E-state index contributed by atoms with van der Waals surface area (Å²) in [7, 11) is 1.96. The lowest BCUT2D eigenvalue weighted by Crippen LogP contribution is -2.40. The van der Waals surface area contributed by atoms with Gasteiger partial charge in [-0.3, -0.25) is 9.59 Å². The number of hydrogen-bond donors (Lipinski definition) is 2. The summed E-state index contributed by atoms with van der Waals surface area (Å²) in [6, 6.07) is 6.97. The Morgan fingerprint density at radius 3 is 2.78 bits per heavy atom. The summed E-state index contributed by atoms with van der Waals surface area (Å²) in [5, 5.41) is 3.98. The van der Waals surface area contributed by atoms with Gasteiger partial charge in [-0.05, 0) is 50.6 Å². The smallest absolute Gasteiger partial charge is 0.254 e. The number of hydrogen-bond acceptors (Lipinski definition) is 3. The number of nitrogens with one attached hydrogen (secondary N) is 2. The summed E-state index contributed by atoms with van der Waals surface area (Å²) >= 11 is 3.43. The van der Waals surface area contributed by atoms with E-state index in [4.69, 9.17) is 0 Å².